The van der Waals surface area contributed by atoms with Gasteiger partial charge in [-0.05, 0) is 37.2 Å². The number of hydrogen-bond donors (Lipinski definition) is 1. The summed E-state index contributed by atoms with van der Waals surface area (Å²) < 4.78 is 23.2. The van der Waals surface area contributed by atoms with Crippen molar-refractivity contribution in [1.82, 2.24) is 0 Å². The van der Waals surface area contributed by atoms with Crippen molar-refractivity contribution in [2.75, 3.05) is 6.26 Å². The van der Waals surface area contributed by atoms with Crippen LogP contribution in [0.4, 0.5) is 0 Å². The maximum Gasteiger partial charge on any atom is 0.154 e. The van der Waals surface area contributed by atoms with E-state index in [4.69, 9.17) is 0 Å². The number of benzene rings is 1. The molecule has 0 saturated heterocycles. The SMILES string of the molecule is C[C@@H](c1cccc([C@H](C)S(C)(=O)=O)c1O)C1CC1. The minimum absolute atomic E-state index is 0.162. The molecule has 2 rings (SSSR count). The third kappa shape index (κ3) is 2.53. The predicted molar refractivity (Wildman–Crippen MR) is 72.5 cm³/mol. The molecule has 0 bridgehead atoms. The molecule has 0 aliphatic heterocycles. The molecule has 0 radical (unpaired) electrons. The quantitative estimate of drug-likeness (QED) is 0.913. The summed E-state index contributed by atoms with van der Waals surface area (Å²) >= 11 is 0. The summed E-state index contributed by atoms with van der Waals surface area (Å²) in [4.78, 5) is 0. The van der Waals surface area contributed by atoms with E-state index in [-0.39, 0.29) is 5.75 Å². The Morgan fingerprint density at radius 1 is 1.22 bits per heavy atom. The van der Waals surface area contributed by atoms with E-state index in [9.17, 15) is 13.5 Å². The Kier molecular flexibility index (Phi) is 3.41. The van der Waals surface area contributed by atoms with Gasteiger partial charge in [0.25, 0.3) is 0 Å². The van der Waals surface area contributed by atoms with Gasteiger partial charge >= 0.3 is 0 Å². The van der Waals surface area contributed by atoms with E-state index >= 15 is 0 Å². The lowest BCUT2D eigenvalue weighted by atomic mass is 9.93. The Hall–Kier alpha value is -1.03. The lowest BCUT2D eigenvalue weighted by Gasteiger charge is -2.18. The van der Waals surface area contributed by atoms with Gasteiger partial charge in [-0.2, -0.15) is 0 Å². The van der Waals surface area contributed by atoms with Gasteiger partial charge in [0.05, 0.1) is 5.25 Å². The van der Waals surface area contributed by atoms with E-state index in [0.29, 0.717) is 17.4 Å². The molecule has 1 fully saturated rings. The molecule has 2 atom stereocenters. The van der Waals surface area contributed by atoms with Gasteiger partial charge in [0.1, 0.15) is 5.75 Å². The number of aromatic hydroxyl groups is 1. The molecule has 0 spiro atoms. The van der Waals surface area contributed by atoms with Crippen molar-refractivity contribution >= 4 is 9.84 Å². The lowest BCUT2D eigenvalue weighted by molar-refractivity contribution is 0.450. The van der Waals surface area contributed by atoms with Crippen molar-refractivity contribution in [2.24, 2.45) is 5.92 Å². The molecule has 0 aromatic heterocycles. The molecular weight excluding hydrogens is 248 g/mol. The zero-order valence-corrected chi connectivity index (χ0v) is 11.9. The van der Waals surface area contributed by atoms with Crippen LogP contribution in [-0.2, 0) is 9.84 Å². The Bertz CT molecular complexity index is 544. The van der Waals surface area contributed by atoms with Crippen LogP contribution in [0.15, 0.2) is 18.2 Å². The molecule has 100 valence electrons. The van der Waals surface area contributed by atoms with Gasteiger partial charge in [0.15, 0.2) is 9.84 Å². The zero-order valence-electron chi connectivity index (χ0n) is 11.1. The fourth-order valence-corrected chi connectivity index (χ4v) is 3.01. The van der Waals surface area contributed by atoms with Gasteiger partial charge in [0.2, 0.25) is 0 Å². The van der Waals surface area contributed by atoms with Crippen LogP contribution < -0.4 is 0 Å². The molecule has 0 heterocycles. The average Bonchev–Trinajstić information content (AvgIpc) is 3.10. The van der Waals surface area contributed by atoms with Crippen molar-refractivity contribution in [3.05, 3.63) is 29.3 Å². The van der Waals surface area contributed by atoms with Crippen LogP contribution in [0.25, 0.3) is 0 Å². The van der Waals surface area contributed by atoms with Crippen LogP contribution in [0, 0.1) is 5.92 Å². The molecule has 4 heteroatoms. The number of sulfone groups is 1. The van der Waals surface area contributed by atoms with E-state index in [2.05, 4.69) is 6.92 Å². The standard InChI is InChI=1S/C14H20O3S/c1-9(11-7-8-11)12-5-4-6-13(14(12)15)10(2)18(3,16)17/h4-6,9-11,15H,7-8H2,1-3H3/t9-,10+/m1/s1. The van der Waals surface area contributed by atoms with Crippen LogP contribution in [0.1, 0.15) is 49.0 Å². The second-order valence-corrected chi connectivity index (χ2v) is 7.75. The Morgan fingerprint density at radius 2 is 1.78 bits per heavy atom. The summed E-state index contributed by atoms with van der Waals surface area (Å²) in [5.41, 5.74) is 1.40. The van der Waals surface area contributed by atoms with E-state index in [1.165, 1.54) is 19.1 Å². The van der Waals surface area contributed by atoms with Crippen LogP contribution in [0.2, 0.25) is 0 Å². The first-order chi connectivity index (χ1) is 8.32. The number of rotatable bonds is 4. The van der Waals surface area contributed by atoms with Crippen LogP contribution in [0.5, 0.6) is 5.75 Å². The monoisotopic (exact) mass is 268 g/mol. The maximum absolute atomic E-state index is 11.6. The summed E-state index contributed by atoms with van der Waals surface area (Å²) in [7, 11) is -3.19. The minimum Gasteiger partial charge on any atom is -0.507 e. The molecule has 18 heavy (non-hydrogen) atoms. The molecule has 1 aliphatic rings. The zero-order chi connectivity index (χ0) is 13.5. The molecular formula is C14H20O3S. The fraction of sp³-hybridized carbons (Fsp3) is 0.571. The van der Waals surface area contributed by atoms with E-state index < -0.39 is 15.1 Å². The molecule has 1 aliphatic carbocycles. The lowest BCUT2D eigenvalue weighted by Crippen LogP contribution is -2.09. The number of phenolic OH excluding ortho intramolecular Hbond substituents is 1. The normalized spacial score (nSPS) is 19.5. The largest absolute Gasteiger partial charge is 0.507 e. The van der Waals surface area contributed by atoms with E-state index in [1.54, 1.807) is 13.0 Å². The first-order valence-corrected chi connectivity index (χ1v) is 8.28. The third-order valence-corrected chi connectivity index (χ3v) is 5.54. The molecule has 1 N–H and O–H groups in total. The van der Waals surface area contributed by atoms with Crippen molar-refractivity contribution in [3.8, 4) is 5.75 Å². The highest BCUT2D eigenvalue weighted by molar-refractivity contribution is 7.90. The predicted octanol–water partition coefficient (Wildman–Crippen LogP) is 3.01. The van der Waals surface area contributed by atoms with Gasteiger partial charge < -0.3 is 5.11 Å². The van der Waals surface area contributed by atoms with Crippen LogP contribution in [-0.4, -0.2) is 19.8 Å². The van der Waals surface area contributed by atoms with Crippen LogP contribution >= 0.6 is 0 Å². The van der Waals surface area contributed by atoms with Gasteiger partial charge in [-0.1, -0.05) is 25.1 Å². The van der Waals surface area contributed by atoms with Gasteiger partial charge in [-0.15, -0.1) is 0 Å². The van der Waals surface area contributed by atoms with Crippen LogP contribution in [0.3, 0.4) is 0 Å². The fourth-order valence-electron chi connectivity index (χ4n) is 2.36. The molecule has 1 aromatic carbocycles. The first-order valence-electron chi connectivity index (χ1n) is 6.33. The molecule has 1 aromatic rings. The summed E-state index contributed by atoms with van der Waals surface area (Å²) in [5.74, 6) is 1.10. The topological polar surface area (TPSA) is 54.4 Å². The average molecular weight is 268 g/mol. The van der Waals surface area contributed by atoms with Crippen molar-refractivity contribution in [2.45, 2.75) is 37.9 Å². The highest BCUT2D eigenvalue weighted by atomic mass is 32.2. The smallest absolute Gasteiger partial charge is 0.154 e. The summed E-state index contributed by atoms with van der Waals surface area (Å²) in [6.07, 6.45) is 3.60. The Labute approximate surface area is 109 Å². The summed E-state index contributed by atoms with van der Waals surface area (Å²) in [6.45, 7) is 3.72. The third-order valence-electron chi connectivity index (χ3n) is 4.00. The maximum atomic E-state index is 11.6. The van der Waals surface area contributed by atoms with Crippen molar-refractivity contribution in [3.63, 3.8) is 0 Å². The molecule has 1 saturated carbocycles. The number of hydrogen-bond acceptors (Lipinski definition) is 3. The Morgan fingerprint density at radius 3 is 2.28 bits per heavy atom. The molecule has 0 amide bonds. The summed E-state index contributed by atoms with van der Waals surface area (Å²) in [6, 6.07) is 5.44. The van der Waals surface area contributed by atoms with E-state index in [1.807, 2.05) is 12.1 Å². The minimum atomic E-state index is -3.19. The highest BCUT2D eigenvalue weighted by Gasteiger charge is 2.31. The number of para-hydroxylation sites is 1. The second-order valence-electron chi connectivity index (χ2n) is 5.38. The van der Waals surface area contributed by atoms with E-state index in [0.717, 1.165) is 5.56 Å². The second kappa shape index (κ2) is 4.57. The van der Waals surface area contributed by atoms with Crippen molar-refractivity contribution in [1.29, 1.82) is 0 Å². The van der Waals surface area contributed by atoms with Gasteiger partial charge in [0, 0.05) is 11.8 Å². The van der Waals surface area contributed by atoms with Gasteiger partial charge in [-0.3, -0.25) is 0 Å². The molecule has 3 nitrogen and oxygen atoms in total. The summed E-state index contributed by atoms with van der Waals surface area (Å²) in [5, 5.41) is 9.64. The number of phenols is 1. The Balaban J connectivity index is 2.41. The molecule has 0 unspecified atom stereocenters. The highest BCUT2D eigenvalue weighted by Crippen LogP contribution is 2.46. The van der Waals surface area contributed by atoms with Gasteiger partial charge in [-0.25, -0.2) is 8.42 Å². The van der Waals surface area contributed by atoms with Crippen molar-refractivity contribution < 1.29 is 13.5 Å². The first kappa shape index (κ1) is 13.4.